The van der Waals surface area contributed by atoms with Gasteiger partial charge < -0.3 is 4.74 Å². The summed E-state index contributed by atoms with van der Waals surface area (Å²) in [6.07, 6.45) is 3.86. The van der Waals surface area contributed by atoms with E-state index in [1.165, 1.54) is 0 Å². The van der Waals surface area contributed by atoms with Crippen LogP contribution in [0.4, 0.5) is 0 Å². The second kappa shape index (κ2) is 5.51. The molecule has 3 aromatic rings. The van der Waals surface area contributed by atoms with Gasteiger partial charge in [-0.1, -0.05) is 40.2 Å². The Morgan fingerprint density at radius 1 is 1.00 bits per heavy atom. The van der Waals surface area contributed by atoms with Crippen LogP contribution in [0.15, 0.2) is 65.4 Å². The summed E-state index contributed by atoms with van der Waals surface area (Å²) < 4.78 is 8.26. The summed E-state index contributed by atoms with van der Waals surface area (Å²) >= 11 is 3.44. The molecular weight excluding hydrogens is 316 g/mol. The third-order valence-corrected chi connectivity index (χ3v) is 3.62. The number of hydrogen-bond acceptors (Lipinski definition) is 2. The molecule has 0 unspecified atom stereocenters. The predicted molar refractivity (Wildman–Crippen MR) is 83.3 cm³/mol. The third-order valence-electron chi connectivity index (χ3n) is 3.09. The number of benzene rings is 2. The highest BCUT2D eigenvalue weighted by molar-refractivity contribution is 9.10. The van der Waals surface area contributed by atoms with Crippen LogP contribution in [0.2, 0.25) is 0 Å². The third kappa shape index (κ3) is 2.47. The molecule has 0 aliphatic heterocycles. The number of hydrogen-bond donors (Lipinski definition) is 0. The van der Waals surface area contributed by atoms with Gasteiger partial charge in [-0.15, -0.1) is 0 Å². The number of para-hydroxylation sites is 2. The topological polar surface area (TPSA) is 27.1 Å². The van der Waals surface area contributed by atoms with E-state index in [-0.39, 0.29) is 0 Å². The van der Waals surface area contributed by atoms with Crippen molar-refractivity contribution in [3.8, 4) is 22.6 Å². The molecule has 3 rings (SSSR count). The highest BCUT2D eigenvalue weighted by Gasteiger charge is 2.07. The monoisotopic (exact) mass is 328 g/mol. The van der Waals surface area contributed by atoms with Crippen LogP contribution >= 0.6 is 15.9 Å². The number of ether oxygens (including phenoxy) is 1. The van der Waals surface area contributed by atoms with Crippen molar-refractivity contribution in [2.45, 2.75) is 0 Å². The molecule has 0 atom stereocenters. The molecular formula is C16H13BrN2O. The maximum absolute atomic E-state index is 5.36. The lowest BCUT2D eigenvalue weighted by atomic mass is 10.1. The van der Waals surface area contributed by atoms with E-state index >= 15 is 0 Å². The Morgan fingerprint density at radius 3 is 2.50 bits per heavy atom. The predicted octanol–water partition coefficient (Wildman–Crippen LogP) is 4.31. The number of rotatable bonds is 3. The molecule has 100 valence electrons. The van der Waals surface area contributed by atoms with Gasteiger partial charge in [0.25, 0.3) is 0 Å². The normalized spacial score (nSPS) is 10.5. The largest absolute Gasteiger partial charge is 0.494 e. The molecule has 0 bridgehead atoms. The van der Waals surface area contributed by atoms with Crippen LogP contribution in [0.1, 0.15) is 0 Å². The molecule has 0 aliphatic rings. The van der Waals surface area contributed by atoms with Gasteiger partial charge in [-0.3, -0.25) is 0 Å². The van der Waals surface area contributed by atoms with Crippen LogP contribution in [0, 0.1) is 0 Å². The Kier molecular flexibility index (Phi) is 3.56. The molecule has 1 heterocycles. The van der Waals surface area contributed by atoms with Gasteiger partial charge in [-0.25, -0.2) is 4.68 Å². The van der Waals surface area contributed by atoms with Gasteiger partial charge in [0.1, 0.15) is 11.4 Å². The van der Waals surface area contributed by atoms with Crippen LogP contribution in [0.25, 0.3) is 16.8 Å². The molecule has 0 spiro atoms. The van der Waals surface area contributed by atoms with E-state index in [2.05, 4.69) is 33.2 Å². The van der Waals surface area contributed by atoms with E-state index in [0.29, 0.717) is 0 Å². The van der Waals surface area contributed by atoms with Gasteiger partial charge in [-0.2, -0.15) is 5.10 Å². The van der Waals surface area contributed by atoms with Crippen LogP contribution in [-0.4, -0.2) is 16.9 Å². The van der Waals surface area contributed by atoms with Gasteiger partial charge in [-0.05, 0) is 29.8 Å². The summed E-state index contributed by atoms with van der Waals surface area (Å²) in [4.78, 5) is 0. The van der Waals surface area contributed by atoms with E-state index in [9.17, 15) is 0 Å². The van der Waals surface area contributed by atoms with Gasteiger partial charge in [0.05, 0.1) is 13.3 Å². The summed E-state index contributed by atoms with van der Waals surface area (Å²) in [5, 5.41) is 4.42. The molecule has 0 saturated heterocycles. The van der Waals surface area contributed by atoms with Crippen molar-refractivity contribution in [1.29, 1.82) is 0 Å². The lowest BCUT2D eigenvalue weighted by Gasteiger charge is -2.07. The summed E-state index contributed by atoms with van der Waals surface area (Å²) in [6, 6.07) is 16.0. The average Bonchev–Trinajstić information content (AvgIpc) is 2.97. The minimum atomic E-state index is 0.804. The Bertz CT molecular complexity index is 719. The SMILES string of the molecule is COc1ccccc1-n1cc(-c2ccc(Br)cc2)cn1. The Morgan fingerprint density at radius 2 is 1.75 bits per heavy atom. The van der Waals surface area contributed by atoms with Crippen molar-refractivity contribution < 1.29 is 4.74 Å². The Labute approximate surface area is 125 Å². The van der Waals surface area contributed by atoms with Crippen molar-refractivity contribution in [2.24, 2.45) is 0 Å². The Hall–Kier alpha value is -2.07. The smallest absolute Gasteiger partial charge is 0.144 e. The zero-order valence-electron chi connectivity index (χ0n) is 11.0. The lowest BCUT2D eigenvalue weighted by Crippen LogP contribution is -1.97. The maximum atomic E-state index is 5.36. The highest BCUT2D eigenvalue weighted by Crippen LogP contribution is 2.25. The van der Waals surface area contributed by atoms with Crippen molar-refractivity contribution in [1.82, 2.24) is 9.78 Å². The molecule has 2 aromatic carbocycles. The quantitative estimate of drug-likeness (QED) is 0.716. The fraction of sp³-hybridized carbons (Fsp3) is 0.0625. The molecule has 1 aromatic heterocycles. The lowest BCUT2D eigenvalue weighted by molar-refractivity contribution is 0.411. The summed E-state index contributed by atoms with van der Waals surface area (Å²) in [5.74, 6) is 0.804. The number of aromatic nitrogens is 2. The molecule has 0 N–H and O–H groups in total. The molecule has 0 radical (unpaired) electrons. The minimum Gasteiger partial charge on any atom is -0.494 e. The molecule has 3 nitrogen and oxygen atoms in total. The second-order valence-corrected chi connectivity index (χ2v) is 5.27. The van der Waals surface area contributed by atoms with E-state index in [4.69, 9.17) is 4.74 Å². The van der Waals surface area contributed by atoms with Gasteiger partial charge >= 0.3 is 0 Å². The fourth-order valence-corrected chi connectivity index (χ4v) is 2.33. The summed E-state index contributed by atoms with van der Waals surface area (Å²) in [6.45, 7) is 0. The first-order valence-corrected chi connectivity index (χ1v) is 7.01. The number of nitrogens with zero attached hydrogens (tertiary/aromatic N) is 2. The molecule has 4 heteroatoms. The van der Waals surface area contributed by atoms with Crippen LogP contribution < -0.4 is 4.74 Å². The van der Waals surface area contributed by atoms with Crippen molar-refractivity contribution in [3.63, 3.8) is 0 Å². The van der Waals surface area contributed by atoms with E-state index in [1.807, 2.05) is 53.5 Å². The van der Waals surface area contributed by atoms with Crippen LogP contribution in [0.3, 0.4) is 0 Å². The van der Waals surface area contributed by atoms with Gasteiger partial charge in [0.15, 0.2) is 0 Å². The number of halogens is 1. The first-order chi connectivity index (χ1) is 9.78. The van der Waals surface area contributed by atoms with Gasteiger partial charge in [0, 0.05) is 16.2 Å². The highest BCUT2D eigenvalue weighted by atomic mass is 79.9. The van der Waals surface area contributed by atoms with E-state index < -0.39 is 0 Å². The zero-order chi connectivity index (χ0) is 13.9. The van der Waals surface area contributed by atoms with E-state index in [0.717, 1.165) is 27.0 Å². The zero-order valence-corrected chi connectivity index (χ0v) is 12.5. The maximum Gasteiger partial charge on any atom is 0.144 e. The standard InChI is InChI=1S/C16H13BrN2O/c1-20-16-5-3-2-4-15(16)19-11-13(10-18-19)12-6-8-14(17)9-7-12/h2-11H,1H3. The first kappa shape index (κ1) is 12.9. The van der Waals surface area contributed by atoms with Crippen molar-refractivity contribution in [3.05, 3.63) is 65.4 Å². The molecule has 20 heavy (non-hydrogen) atoms. The second-order valence-electron chi connectivity index (χ2n) is 4.35. The van der Waals surface area contributed by atoms with E-state index in [1.54, 1.807) is 7.11 Å². The molecule has 0 fully saturated rings. The molecule has 0 amide bonds. The summed E-state index contributed by atoms with van der Waals surface area (Å²) in [5.41, 5.74) is 3.14. The van der Waals surface area contributed by atoms with Crippen molar-refractivity contribution >= 4 is 15.9 Å². The Balaban J connectivity index is 2.00. The number of methoxy groups -OCH3 is 1. The summed E-state index contributed by atoms with van der Waals surface area (Å²) in [7, 11) is 1.66. The van der Waals surface area contributed by atoms with Crippen LogP contribution in [0.5, 0.6) is 5.75 Å². The molecule has 0 saturated carbocycles. The van der Waals surface area contributed by atoms with Crippen molar-refractivity contribution in [2.75, 3.05) is 7.11 Å². The average molecular weight is 329 g/mol. The molecule has 0 aliphatic carbocycles. The van der Waals surface area contributed by atoms with Gasteiger partial charge in [0.2, 0.25) is 0 Å². The first-order valence-electron chi connectivity index (χ1n) is 6.22. The fourth-order valence-electron chi connectivity index (χ4n) is 2.07. The minimum absolute atomic E-state index is 0.804. The van der Waals surface area contributed by atoms with Crippen LogP contribution in [-0.2, 0) is 0 Å².